The van der Waals surface area contributed by atoms with Crippen LogP contribution in [0.4, 0.5) is 0 Å². The molecule has 1 unspecified atom stereocenters. The lowest BCUT2D eigenvalue weighted by Gasteiger charge is -2.15. The van der Waals surface area contributed by atoms with Gasteiger partial charge in [0.2, 0.25) is 0 Å². The van der Waals surface area contributed by atoms with Crippen LogP contribution in [0.1, 0.15) is 23.0 Å². The number of hydrogen-bond acceptors (Lipinski definition) is 3. The normalized spacial score (nSPS) is 12.8. The van der Waals surface area contributed by atoms with Crippen molar-refractivity contribution in [1.82, 2.24) is 20.1 Å². The van der Waals surface area contributed by atoms with Crippen LogP contribution in [0.5, 0.6) is 0 Å². The van der Waals surface area contributed by atoms with E-state index in [2.05, 4.69) is 35.5 Å². The lowest BCUT2D eigenvalue weighted by Crippen LogP contribution is -2.20. The Balaban J connectivity index is 2.12. The summed E-state index contributed by atoms with van der Waals surface area (Å²) < 4.78 is 1.81. The summed E-state index contributed by atoms with van der Waals surface area (Å²) in [6.45, 7) is 2.12. The molecule has 0 aliphatic rings. The van der Waals surface area contributed by atoms with Crippen LogP contribution in [-0.2, 0) is 7.05 Å². The zero-order valence-corrected chi connectivity index (χ0v) is 12.0. The second kappa shape index (κ2) is 5.06. The molecule has 3 aromatic rings. The third kappa shape index (κ3) is 2.18. The molecular weight excluding hydrogens is 248 g/mol. The third-order valence-electron chi connectivity index (χ3n) is 3.56. The lowest BCUT2D eigenvalue weighted by atomic mass is 10.0. The fourth-order valence-electron chi connectivity index (χ4n) is 2.56. The van der Waals surface area contributed by atoms with E-state index in [1.807, 2.05) is 43.2 Å². The van der Waals surface area contributed by atoms with Crippen molar-refractivity contribution in [2.24, 2.45) is 7.05 Å². The summed E-state index contributed by atoms with van der Waals surface area (Å²) in [6.07, 6.45) is 1.95. The highest BCUT2D eigenvalue weighted by Crippen LogP contribution is 2.24. The van der Waals surface area contributed by atoms with Crippen LogP contribution in [0.3, 0.4) is 0 Å². The van der Waals surface area contributed by atoms with E-state index >= 15 is 0 Å². The number of aryl methyl sites for hydroxylation is 2. The fraction of sp³-hybridized carbons (Fsp3) is 0.250. The minimum atomic E-state index is 0.0134. The summed E-state index contributed by atoms with van der Waals surface area (Å²) in [7, 11) is 3.86. The minimum Gasteiger partial charge on any atom is -0.307 e. The molecular formula is C16H18N4. The minimum absolute atomic E-state index is 0.0134. The van der Waals surface area contributed by atoms with E-state index in [1.165, 1.54) is 10.9 Å². The third-order valence-corrected chi connectivity index (χ3v) is 3.56. The number of fused-ring (bicyclic) bond motifs is 1. The van der Waals surface area contributed by atoms with Crippen molar-refractivity contribution in [1.29, 1.82) is 0 Å². The Morgan fingerprint density at radius 1 is 1.15 bits per heavy atom. The lowest BCUT2D eigenvalue weighted by molar-refractivity contribution is 0.629. The summed E-state index contributed by atoms with van der Waals surface area (Å²) in [6, 6.07) is 12.4. The molecule has 1 aromatic carbocycles. The van der Waals surface area contributed by atoms with Gasteiger partial charge in [-0.25, -0.2) is 0 Å². The van der Waals surface area contributed by atoms with E-state index < -0.39 is 0 Å². The average molecular weight is 266 g/mol. The number of aromatic nitrogens is 3. The number of nitrogens with zero attached hydrogens (tertiary/aromatic N) is 3. The van der Waals surface area contributed by atoms with E-state index in [4.69, 9.17) is 4.98 Å². The number of benzene rings is 1. The maximum atomic E-state index is 4.78. The molecule has 20 heavy (non-hydrogen) atoms. The van der Waals surface area contributed by atoms with E-state index in [9.17, 15) is 0 Å². The van der Waals surface area contributed by atoms with Crippen LogP contribution in [0.2, 0.25) is 0 Å². The molecule has 4 nitrogen and oxygen atoms in total. The van der Waals surface area contributed by atoms with E-state index in [0.717, 1.165) is 16.9 Å². The Morgan fingerprint density at radius 2 is 1.95 bits per heavy atom. The first-order chi connectivity index (χ1) is 9.69. The summed E-state index contributed by atoms with van der Waals surface area (Å²) in [5.74, 6) is 0. The fourth-order valence-corrected chi connectivity index (χ4v) is 2.56. The van der Waals surface area contributed by atoms with Gasteiger partial charge in [0.1, 0.15) is 0 Å². The zero-order valence-electron chi connectivity index (χ0n) is 12.0. The predicted molar refractivity (Wildman–Crippen MR) is 80.6 cm³/mol. The highest BCUT2D eigenvalue weighted by atomic mass is 15.3. The largest absolute Gasteiger partial charge is 0.307 e. The van der Waals surface area contributed by atoms with Crippen molar-refractivity contribution < 1.29 is 0 Å². The predicted octanol–water partition coefficient (Wildman–Crippen LogP) is 2.59. The molecule has 0 saturated carbocycles. The molecule has 0 saturated heterocycles. The van der Waals surface area contributed by atoms with Crippen molar-refractivity contribution in [3.8, 4) is 0 Å². The van der Waals surface area contributed by atoms with Gasteiger partial charge < -0.3 is 5.32 Å². The van der Waals surface area contributed by atoms with Gasteiger partial charge in [-0.05, 0) is 37.7 Å². The van der Waals surface area contributed by atoms with Gasteiger partial charge in [-0.15, -0.1) is 0 Å². The van der Waals surface area contributed by atoms with Crippen LogP contribution in [0.15, 0.2) is 42.6 Å². The topological polar surface area (TPSA) is 42.7 Å². The van der Waals surface area contributed by atoms with E-state index in [0.29, 0.717) is 0 Å². The summed E-state index contributed by atoms with van der Waals surface area (Å²) in [5.41, 5.74) is 4.25. The standard InChI is InChI=1S/C16H18N4/c1-11-10-15(18-13-7-5-4-6-12(11)13)16(17-2)14-8-9-20(3)19-14/h4-10,16-17H,1-3H3. The van der Waals surface area contributed by atoms with E-state index in [-0.39, 0.29) is 6.04 Å². The van der Waals surface area contributed by atoms with Crippen molar-refractivity contribution in [2.45, 2.75) is 13.0 Å². The van der Waals surface area contributed by atoms with Crippen LogP contribution >= 0.6 is 0 Å². The highest BCUT2D eigenvalue weighted by molar-refractivity contribution is 5.82. The molecule has 1 N–H and O–H groups in total. The van der Waals surface area contributed by atoms with Gasteiger partial charge in [0.25, 0.3) is 0 Å². The first-order valence-corrected chi connectivity index (χ1v) is 6.72. The Kier molecular flexibility index (Phi) is 3.24. The Hall–Kier alpha value is -2.20. The molecule has 0 bridgehead atoms. The molecule has 1 atom stereocenters. The quantitative estimate of drug-likeness (QED) is 0.792. The number of rotatable bonds is 3. The van der Waals surface area contributed by atoms with Crippen LogP contribution in [-0.4, -0.2) is 21.8 Å². The van der Waals surface area contributed by atoms with Crippen molar-refractivity contribution >= 4 is 10.9 Å². The van der Waals surface area contributed by atoms with E-state index in [1.54, 1.807) is 0 Å². The molecule has 0 fully saturated rings. The van der Waals surface area contributed by atoms with Crippen molar-refractivity contribution in [3.63, 3.8) is 0 Å². The molecule has 0 aliphatic carbocycles. The van der Waals surface area contributed by atoms with Gasteiger partial charge >= 0.3 is 0 Å². The summed E-state index contributed by atoms with van der Waals surface area (Å²) >= 11 is 0. The smallest absolute Gasteiger partial charge is 0.0941 e. The molecule has 2 heterocycles. The molecule has 3 rings (SSSR count). The zero-order chi connectivity index (χ0) is 14.1. The van der Waals surface area contributed by atoms with Gasteiger partial charge in [0.05, 0.1) is 22.9 Å². The number of pyridine rings is 1. The van der Waals surface area contributed by atoms with Gasteiger partial charge in [0, 0.05) is 18.6 Å². The van der Waals surface area contributed by atoms with Crippen LogP contribution < -0.4 is 5.32 Å². The average Bonchev–Trinajstić information content (AvgIpc) is 2.86. The molecule has 4 heteroatoms. The Labute approximate surface area is 118 Å². The number of nitrogens with one attached hydrogen (secondary N) is 1. The SMILES string of the molecule is CNC(c1cc(C)c2ccccc2n1)c1ccn(C)n1. The number of para-hydroxylation sites is 1. The molecule has 102 valence electrons. The van der Waals surface area contributed by atoms with Gasteiger partial charge in [-0.2, -0.15) is 5.10 Å². The van der Waals surface area contributed by atoms with Crippen molar-refractivity contribution in [2.75, 3.05) is 7.05 Å². The van der Waals surface area contributed by atoms with Gasteiger partial charge in [0.15, 0.2) is 0 Å². The monoisotopic (exact) mass is 266 g/mol. The Morgan fingerprint density at radius 3 is 2.65 bits per heavy atom. The first-order valence-electron chi connectivity index (χ1n) is 6.72. The number of hydrogen-bond donors (Lipinski definition) is 1. The summed E-state index contributed by atoms with van der Waals surface area (Å²) in [4.78, 5) is 4.78. The highest BCUT2D eigenvalue weighted by Gasteiger charge is 2.17. The molecule has 0 aliphatic heterocycles. The second-order valence-corrected chi connectivity index (χ2v) is 5.02. The van der Waals surface area contributed by atoms with Crippen molar-refractivity contribution in [3.05, 3.63) is 59.5 Å². The maximum Gasteiger partial charge on any atom is 0.0941 e. The molecule has 0 radical (unpaired) electrons. The van der Waals surface area contributed by atoms with Gasteiger partial charge in [-0.3, -0.25) is 9.67 Å². The first kappa shape index (κ1) is 12.8. The molecule has 2 aromatic heterocycles. The molecule has 0 spiro atoms. The van der Waals surface area contributed by atoms with Crippen LogP contribution in [0.25, 0.3) is 10.9 Å². The Bertz CT molecular complexity index is 745. The maximum absolute atomic E-state index is 4.78. The van der Waals surface area contributed by atoms with Crippen LogP contribution in [0, 0.1) is 6.92 Å². The molecule has 0 amide bonds. The second-order valence-electron chi connectivity index (χ2n) is 5.02. The summed E-state index contributed by atoms with van der Waals surface area (Å²) in [5, 5.41) is 8.98. The van der Waals surface area contributed by atoms with Gasteiger partial charge in [-0.1, -0.05) is 18.2 Å².